The molecule has 2 fully saturated rings. The molecule has 0 aromatic heterocycles. The molecule has 0 bridgehead atoms. The lowest BCUT2D eigenvalue weighted by atomic mass is 9.79. The minimum absolute atomic E-state index is 0.661. The molecule has 0 amide bonds. The van der Waals surface area contributed by atoms with Crippen molar-refractivity contribution in [1.29, 1.82) is 0 Å². The summed E-state index contributed by atoms with van der Waals surface area (Å²) in [5.74, 6) is 0. The molecular weight excluding hydrogens is 263 g/mol. The molecule has 12 heavy (non-hydrogen) atoms. The monoisotopic (exact) mass is 280 g/mol. The third kappa shape index (κ3) is 1.77. The minimum atomic E-state index is 0.661. The van der Waals surface area contributed by atoms with Gasteiger partial charge in [-0.2, -0.15) is 0 Å². The van der Waals surface area contributed by atoms with Gasteiger partial charge in [0, 0.05) is 42.5 Å². The van der Waals surface area contributed by atoms with Crippen LogP contribution in [0.3, 0.4) is 0 Å². The van der Waals surface area contributed by atoms with Gasteiger partial charge in [0.25, 0.3) is 0 Å². The second-order valence-corrected chi connectivity index (χ2v) is 5.80. The average Bonchev–Trinajstić information content (AvgIpc) is 2.32. The Hall–Kier alpha value is 0.650. The molecule has 0 aromatic carbocycles. The van der Waals surface area contributed by atoms with Crippen LogP contribution in [-0.2, 0) is 0 Å². The first-order chi connectivity index (χ1) is 5.70. The van der Waals surface area contributed by atoms with Crippen molar-refractivity contribution in [3.8, 4) is 0 Å². The van der Waals surface area contributed by atoms with Gasteiger partial charge in [-0.1, -0.05) is 0 Å². The summed E-state index contributed by atoms with van der Waals surface area (Å²) < 4.78 is 2.46. The van der Waals surface area contributed by atoms with E-state index < -0.39 is 0 Å². The number of hydrogen-bond donors (Lipinski definition) is 0. The highest BCUT2D eigenvalue weighted by Crippen LogP contribution is 2.39. The molecule has 0 saturated carbocycles. The van der Waals surface area contributed by atoms with Crippen LogP contribution < -0.4 is 0 Å². The van der Waals surface area contributed by atoms with Crippen molar-refractivity contribution < 1.29 is 0 Å². The van der Waals surface area contributed by atoms with Gasteiger partial charge in [0.2, 0.25) is 0 Å². The summed E-state index contributed by atoms with van der Waals surface area (Å²) in [6, 6.07) is 0. The van der Waals surface area contributed by atoms with E-state index in [0.717, 1.165) is 0 Å². The second kappa shape index (κ2) is 3.42. The van der Waals surface area contributed by atoms with Crippen LogP contribution in [0, 0.1) is 5.41 Å². The number of likely N-dealkylation sites (tertiary alicyclic amines) is 1. The Morgan fingerprint density at radius 3 is 2.58 bits per heavy atom. The van der Waals surface area contributed by atoms with Gasteiger partial charge in [0.15, 0.2) is 0 Å². The number of nitrogens with zero attached hydrogens (tertiary/aromatic N) is 2. The highest BCUT2D eigenvalue weighted by molar-refractivity contribution is 14.1. The largest absolute Gasteiger partial charge is 0.306 e. The zero-order valence-electron chi connectivity index (χ0n) is 7.72. The predicted molar refractivity (Wildman–Crippen MR) is 59.4 cm³/mol. The van der Waals surface area contributed by atoms with Crippen LogP contribution in [-0.4, -0.2) is 41.2 Å². The molecule has 2 heterocycles. The fraction of sp³-hybridized carbons (Fsp3) is 1.00. The quantitative estimate of drug-likeness (QED) is 0.493. The summed E-state index contributed by atoms with van der Waals surface area (Å²) >= 11 is 2.47. The fourth-order valence-electron chi connectivity index (χ4n) is 2.67. The summed E-state index contributed by atoms with van der Waals surface area (Å²) in [5.41, 5.74) is 0.661. The van der Waals surface area contributed by atoms with Gasteiger partial charge in [0.1, 0.15) is 0 Å². The maximum absolute atomic E-state index is 2.50. The van der Waals surface area contributed by atoms with Crippen LogP contribution in [0.2, 0.25) is 0 Å². The topological polar surface area (TPSA) is 6.48 Å². The number of hydrogen-bond acceptors (Lipinski definition) is 2. The van der Waals surface area contributed by atoms with Crippen LogP contribution in [0.5, 0.6) is 0 Å². The molecule has 2 nitrogen and oxygen atoms in total. The summed E-state index contributed by atoms with van der Waals surface area (Å²) in [5, 5.41) is 0. The Kier molecular flexibility index (Phi) is 2.63. The second-order valence-electron chi connectivity index (χ2n) is 4.44. The van der Waals surface area contributed by atoms with Crippen molar-refractivity contribution in [3.05, 3.63) is 0 Å². The first-order valence-corrected chi connectivity index (χ1v) is 5.76. The lowest BCUT2D eigenvalue weighted by Gasteiger charge is -2.38. The van der Waals surface area contributed by atoms with Crippen LogP contribution >= 0.6 is 22.9 Å². The van der Waals surface area contributed by atoms with Crippen LogP contribution in [0.15, 0.2) is 0 Å². The Balaban J connectivity index is 2.00. The molecule has 2 rings (SSSR count). The zero-order valence-corrected chi connectivity index (χ0v) is 9.88. The lowest BCUT2D eigenvalue weighted by Crippen LogP contribution is -2.42. The van der Waals surface area contributed by atoms with Crippen molar-refractivity contribution in [2.24, 2.45) is 5.41 Å². The third-order valence-electron chi connectivity index (χ3n) is 3.24. The minimum Gasteiger partial charge on any atom is -0.306 e. The molecule has 0 radical (unpaired) electrons. The van der Waals surface area contributed by atoms with Gasteiger partial charge in [-0.15, -0.1) is 0 Å². The van der Waals surface area contributed by atoms with E-state index >= 15 is 0 Å². The molecule has 2 saturated heterocycles. The van der Waals surface area contributed by atoms with Gasteiger partial charge in [-0.05, 0) is 38.3 Å². The molecule has 1 unspecified atom stereocenters. The predicted octanol–water partition coefficient (Wildman–Crippen LogP) is 1.75. The lowest BCUT2D eigenvalue weighted by molar-refractivity contribution is 0.123. The van der Waals surface area contributed by atoms with Crippen LogP contribution in [0.4, 0.5) is 0 Å². The van der Waals surface area contributed by atoms with Crippen molar-refractivity contribution >= 4 is 22.9 Å². The first kappa shape index (κ1) is 9.21. The molecule has 2 aliphatic rings. The maximum atomic E-state index is 2.50. The third-order valence-corrected chi connectivity index (χ3v) is 4.07. The van der Waals surface area contributed by atoms with Crippen molar-refractivity contribution in [1.82, 2.24) is 8.01 Å². The summed E-state index contributed by atoms with van der Waals surface area (Å²) in [4.78, 5) is 2.50. The standard InChI is InChI=1S/C9H17IN2/c1-11-5-2-3-9(7-11)4-6-12(10)8-9/h2-8H2,1H3. The van der Waals surface area contributed by atoms with Gasteiger partial charge >= 0.3 is 0 Å². The normalized spacial score (nSPS) is 39.5. The van der Waals surface area contributed by atoms with E-state index in [1.807, 2.05) is 0 Å². The van der Waals surface area contributed by atoms with Gasteiger partial charge in [-0.25, -0.2) is 3.11 Å². The summed E-state index contributed by atoms with van der Waals surface area (Å²) in [7, 11) is 2.26. The van der Waals surface area contributed by atoms with E-state index in [2.05, 4.69) is 37.9 Å². The van der Waals surface area contributed by atoms with Gasteiger partial charge < -0.3 is 4.90 Å². The van der Waals surface area contributed by atoms with E-state index in [0.29, 0.717) is 5.41 Å². The Morgan fingerprint density at radius 1 is 1.17 bits per heavy atom. The van der Waals surface area contributed by atoms with E-state index in [1.165, 1.54) is 45.4 Å². The summed E-state index contributed by atoms with van der Waals surface area (Å²) in [6.07, 6.45) is 4.28. The molecule has 3 heteroatoms. The Bertz CT molecular complexity index is 170. The average molecular weight is 280 g/mol. The van der Waals surface area contributed by atoms with Gasteiger partial charge in [-0.3, -0.25) is 0 Å². The number of rotatable bonds is 0. The molecule has 70 valence electrons. The van der Waals surface area contributed by atoms with Crippen molar-refractivity contribution in [3.63, 3.8) is 0 Å². The van der Waals surface area contributed by atoms with E-state index in [1.54, 1.807) is 0 Å². The van der Waals surface area contributed by atoms with E-state index in [9.17, 15) is 0 Å². The van der Waals surface area contributed by atoms with E-state index in [-0.39, 0.29) is 0 Å². The highest BCUT2D eigenvalue weighted by atomic mass is 127. The first-order valence-electron chi connectivity index (χ1n) is 4.80. The SMILES string of the molecule is CN1CCCC2(CCN(I)C2)C1. The highest BCUT2D eigenvalue weighted by Gasteiger charge is 2.39. The van der Waals surface area contributed by atoms with Crippen molar-refractivity contribution in [2.45, 2.75) is 19.3 Å². The maximum Gasteiger partial charge on any atom is 0.0201 e. The van der Waals surface area contributed by atoms with Gasteiger partial charge in [0.05, 0.1) is 0 Å². The number of piperidine rings is 1. The van der Waals surface area contributed by atoms with E-state index in [4.69, 9.17) is 0 Å². The molecule has 0 aliphatic carbocycles. The molecule has 0 N–H and O–H groups in total. The smallest absolute Gasteiger partial charge is 0.0201 e. The van der Waals surface area contributed by atoms with Crippen LogP contribution in [0.25, 0.3) is 0 Å². The van der Waals surface area contributed by atoms with Crippen LogP contribution in [0.1, 0.15) is 19.3 Å². The summed E-state index contributed by atoms with van der Waals surface area (Å²) in [6.45, 7) is 5.25. The fourth-order valence-corrected chi connectivity index (χ4v) is 3.63. The zero-order chi connectivity index (χ0) is 8.60. The molecule has 0 aromatic rings. The molecule has 1 atom stereocenters. The van der Waals surface area contributed by atoms with Crippen molar-refractivity contribution in [2.75, 3.05) is 33.2 Å². The number of halogens is 1. The Labute approximate surface area is 88.8 Å². The Morgan fingerprint density at radius 2 is 2.00 bits per heavy atom. The molecular formula is C9H17IN2. The molecule has 1 spiro atoms. The molecule has 2 aliphatic heterocycles.